The number of hydrogen-bond donors (Lipinski definition) is 2. The number of nitrogens with zero attached hydrogens (tertiary/aromatic N) is 2. The van der Waals surface area contributed by atoms with Gasteiger partial charge in [0.15, 0.2) is 5.69 Å². The third kappa shape index (κ3) is 3.40. The van der Waals surface area contributed by atoms with E-state index in [-0.39, 0.29) is 5.91 Å². The summed E-state index contributed by atoms with van der Waals surface area (Å²) in [6, 6.07) is 8.24. The van der Waals surface area contributed by atoms with Crippen LogP contribution in [0.1, 0.15) is 53.0 Å². The molecule has 0 spiro atoms. The summed E-state index contributed by atoms with van der Waals surface area (Å²) in [6.07, 6.45) is 6.61. The second-order valence-corrected chi connectivity index (χ2v) is 7.58. The van der Waals surface area contributed by atoms with Crippen molar-refractivity contribution in [2.45, 2.75) is 45.4 Å². The van der Waals surface area contributed by atoms with Gasteiger partial charge >= 0.3 is 0 Å². The Bertz CT molecular complexity index is 789. The Balaban J connectivity index is 1.49. The molecule has 26 heavy (non-hydrogen) atoms. The van der Waals surface area contributed by atoms with Crippen molar-refractivity contribution >= 4 is 5.91 Å². The van der Waals surface area contributed by atoms with Crippen molar-refractivity contribution < 1.29 is 4.79 Å². The highest BCUT2D eigenvalue weighted by Crippen LogP contribution is 2.28. The highest BCUT2D eigenvalue weighted by atomic mass is 16.1. The molecule has 1 aliphatic heterocycles. The first kappa shape index (κ1) is 17.3. The van der Waals surface area contributed by atoms with E-state index < -0.39 is 0 Å². The molecule has 1 aliphatic carbocycles. The summed E-state index contributed by atoms with van der Waals surface area (Å²) < 4.78 is 2.00. The third-order valence-corrected chi connectivity index (χ3v) is 5.73. The summed E-state index contributed by atoms with van der Waals surface area (Å²) in [5.41, 5.74) is 5.24. The molecule has 2 aromatic rings. The van der Waals surface area contributed by atoms with Gasteiger partial charge in [0, 0.05) is 17.8 Å². The Kier molecular flexibility index (Phi) is 5.07. The summed E-state index contributed by atoms with van der Waals surface area (Å²) in [5, 5.41) is 11.3. The average Bonchev–Trinajstić information content (AvgIpc) is 3.26. The largest absolute Gasteiger partial charge is 0.351 e. The van der Waals surface area contributed by atoms with Crippen LogP contribution in [0.3, 0.4) is 0 Å². The first-order chi connectivity index (χ1) is 12.7. The maximum Gasteiger partial charge on any atom is 0.272 e. The molecular formula is C21H28N4O. The molecule has 138 valence electrons. The van der Waals surface area contributed by atoms with E-state index in [1.165, 1.54) is 24.1 Å². The standard InChI is InChI=1S/C21H28N4O/c1-15-6-2-3-9-18(15)25-19-10-4-8-17(19)20(24-25)21(26)23-13-11-16-7-5-12-22-14-16/h2-3,6,9,16,22H,4-5,7-8,10-14H2,1H3,(H,23,26). The Morgan fingerprint density at radius 3 is 3.00 bits per heavy atom. The number of piperidine rings is 1. The van der Waals surface area contributed by atoms with Gasteiger partial charge < -0.3 is 10.6 Å². The van der Waals surface area contributed by atoms with Crippen molar-refractivity contribution in [1.29, 1.82) is 0 Å². The first-order valence-electron chi connectivity index (χ1n) is 9.89. The van der Waals surface area contributed by atoms with E-state index in [0.717, 1.165) is 56.6 Å². The number of carbonyl (C=O) groups excluding carboxylic acids is 1. The zero-order valence-corrected chi connectivity index (χ0v) is 15.6. The molecule has 0 saturated carbocycles. The highest BCUT2D eigenvalue weighted by molar-refractivity contribution is 5.94. The van der Waals surface area contributed by atoms with E-state index in [0.29, 0.717) is 11.6 Å². The number of aromatic nitrogens is 2. The normalized spacial score (nSPS) is 19.3. The molecule has 0 radical (unpaired) electrons. The number of fused-ring (bicyclic) bond motifs is 1. The second-order valence-electron chi connectivity index (χ2n) is 7.58. The van der Waals surface area contributed by atoms with E-state index in [2.05, 4.69) is 29.7 Å². The van der Waals surface area contributed by atoms with Crippen molar-refractivity contribution in [1.82, 2.24) is 20.4 Å². The zero-order valence-electron chi connectivity index (χ0n) is 15.6. The van der Waals surface area contributed by atoms with Gasteiger partial charge in [-0.3, -0.25) is 4.79 Å². The van der Waals surface area contributed by atoms with E-state index in [1.54, 1.807) is 0 Å². The van der Waals surface area contributed by atoms with E-state index in [9.17, 15) is 4.79 Å². The monoisotopic (exact) mass is 352 g/mol. The van der Waals surface area contributed by atoms with Crippen molar-refractivity contribution in [2.24, 2.45) is 5.92 Å². The molecule has 1 aromatic carbocycles. The van der Waals surface area contributed by atoms with Crippen LogP contribution in [0, 0.1) is 12.8 Å². The van der Waals surface area contributed by atoms with Crippen LogP contribution in [0.5, 0.6) is 0 Å². The fourth-order valence-electron chi connectivity index (χ4n) is 4.26. The number of para-hydroxylation sites is 1. The number of benzene rings is 1. The van der Waals surface area contributed by atoms with Gasteiger partial charge in [0.1, 0.15) is 0 Å². The molecule has 1 atom stereocenters. The minimum atomic E-state index is -0.0146. The van der Waals surface area contributed by atoms with Gasteiger partial charge in [0.05, 0.1) is 5.69 Å². The number of nitrogens with one attached hydrogen (secondary N) is 2. The molecule has 0 bridgehead atoms. The van der Waals surface area contributed by atoms with Crippen LogP contribution in [0.2, 0.25) is 0 Å². The minimum absolute atomic E-state index is 0.0146. The molecule has 1 unspecified atom stereocenters. The van der Waals surface area contributed by atoms with E-state index in [4.69, 9.17) is 5.10 Å². The first-order valence-corrected chi connectivity index (χ1v) is 9.89. The SMILES string of the molecule is Cc1ccccc1-n1nc(C(=O)NCCC2CCCNC2)c2c1CCC2. The van der Waals surface area contributed by atoms with Crippen LogP contribution >= 0.6 is 0 Å². The van der Waals surface area contributed by atoms with Gasteiger partial charge in [0.25, 0.3) is 5.91 Å². The van der Waals surface area contributed by atoms with Crippen LogP contribution in [0.25, 0.3) is 5.69 Å². The van der Waals surface area contributed by atoms with Crippen LogP contribution in [-0.2, 0) is 12.8 Å². The Morgan fingerprint density at radius 1 is 1.31 bits per heavy atom. The van der Waals surface area contributed by atoms with Crippen molar-refractivity contribution in [2.75, 3.05) is 19.6 Å². The summed E-state index contributed by atoms with van der Waals surface area (Å²) in [5.74, 6) is 0.665. The molecule has 2 heterocycles. The summed E-state index contributed by atoms with van der Waals surface area (Å²) in [6.45, 7) is 5.03. The lowest BCUT2D eigenvalue weighted by molar-refractivity contribution is 0.0944. The molecule has 2 N–H and O–H groups in total. The fourth-order valence-corrected chi connectivity index (χ4v) is 4.26. The van der Waals surface area contributed by atoms with Crippen molar-refractivity contribution in [3.05, 3.63) is 46.8 Å². The van der Waals surface area contributed by atoms with Gasteiger partial charge in [-0.05, 0) is 76.1 Å². The third-order valence-electron chi connectivity index (χ3n) is 5.73. The van der Waals surface area contributed by atoms with Crippen LogP contribution in [0.15, 0.2) is 24.3 Å². The maximum absolute atomic E-state index is 12.8. The lowest BCUT2D eigenvalue weighted by atomic mass is 9.96. The summed E-state index contributed by atoms with van der Waals surface area (Å²) in [4.78, 5) is 12.8. The number of rotatable bonds is 5. The van der Waals surface area contributed by atoms with E-state index in [1.807, 2.05) is 16.8 Å². The van der Waals surface area contributed by atoms with Crippen LogP contribution in [-0.4, -0.2) is 35.3 Å². The summed E-state index contributed by atoms with van der Waals surface area (Å²) in [7, 11) is 0. The van der Waals surface area contributed by atoms with Crippen LogP contribution in [0.4, 0.5) is 0 Å². The van der Waals surface area contributed by atoms with Crippen molar-refractivity contribution in [3.63, 3.8) is 0 Å². The quantitative estimate of drug-likeness (QED) is 0.870. The molecule has 1 fully saturated rings. The maximum atomic E-state index is 12.8. The van der Waals surface area contributed by atoms with Crippen LogP contribution < -0.4 is 10.6 Å². The Morgan fingerprint density at radius 2 is 2.19 bits per heavy atom. The van der Waals surface area contributed by atoms with Crippen molar-refractivity contribution in [3.8, 4) is 5.69 Å². The predicted molar refractivity (Wildman–Crippen MR) is 103 cm³/mol. The number of carbonyl (C=O) groups is 1. The van der Waals surface area contributed by atoms with E-state index >= 15 is 0 Å². The highest BCUT2D eigenvalue weighted by Gasteiger charge is 2.27. The molecular weight excluding hydrogens is 324 g/mol. The molecule has 5 nitrogen and oxygen atoms in total. The number of hydrogen-bond acceptors (Lipinski definition) is 3. The number of aryl methyl sites for hydroxylation is 1. The molecule has 1 saturated heterocycles. The Labute approximate surface area is 155 Å². The smallest absolute Gasteiger partial charge is 0.272 e. The summed E-state index contributed by atoms with van der Waals surface area (Å²) >= 11 is 0. The van der Waals surface area contributed by atoms with Gasteiger partial charge in [-0.2, -0.15) is 5.10 Å². The lowest BCUT2D eigenvalue weighted by Gasteiger charge is -2.22. The lowest BCUT2D eigenvalue weighted by Crippen LogP contribution is -2.33. The predicted octanol–water partition coefficient (Wildman–Crippen LogP) is 2.79. The zero-order chi connectivity index (χ0) is 17.9. The molecule has 1 aromatic heterocycles. The molecule has 1 amide bonds. The van der Waals surface area contributed by atoms with Gasteiger partial charge in [0.2, 0.25) is 0 Å². The second kappa shape index (κ2) is 7.62. The molecule has 2 aliphatic rings. The van der Waals surface area contributed by atoms with Gasteiger partial charge in [-0.25, -0.2) is 4.68 Å². The minimum Gasteiger partial charge on any atom is -0.351 e. The Hall–Kier alpha value is -2.14. The number of amides is 1. The molecule has 4 rings (SSSR count). The topological polar surface area (TPSA) is 59.0 Å². The van der Waals surface area contributed by atoms with Gasteiger partial charge in [-0.1, -0.05) is 18.2 Å². The average molecular weight is 352 g/mol. The van der Waals surface area contributed by atoms with Gasteiger partial charge in [-0.15, -0.1) is 0 Å². The molecule has 5 heteroatoms. The fraction of sp³-hybridized carbons (Fsp3) is 0.524.